The Balaban J connectivity index is 2.03. The van der Waals surface area contributed by atoms with Crippen LogP contribution in [0, 0.1) is 0 Å². The van der Waals surface area contributed by atoms with Gasteiger partial charge in [-0.3, -0.25) is 4.79 Å². The number of carbonyl (C=O) groups excluding carboxylic acids is 1. The Morgan fingerprint density at radius 1 is 1.53 bits per heavy atom. The maximum Gasteiger partial charge on any atom is 0.338 e. The lowest BCUT2D eigenvalue weighted by atomic mass is 10.3. The van der Waals surface area contributed by atoms with E-state index in [0.717, 1.165) is 11.3 Å². The van der Waals surface area contributed by atoms with Crippen molar-refractivity contribution in [1.29, 1.82) is 0 Å². The Hall–Kier alpha value is -2.22. The van der Waals surface area contributed by atoms with Crippen LogP contribution in [0.25, 0.3) is 0 Å². The van der Waals surface area contributed by atoms with Crippen LogP contribution in [0.5, 0.6) is 0 Å². The smallest absolute Gasteiger partial charge is 0.338 e. The maximum atomic E-state index is 11.6. The summed E-state index contributed by atoms with van der Waals surface area (Å²) in [6, 6.07) is 1.44. The molecule has 2 aromatic rings. The average Bonchev–Trinajstić information content (AvgIpc) is 2.88. The van der Waals surface area contributed by atoms with Crippen LogP contribution < -0.4 is 5.32 Å². The first-order valence-corrected chi connectivity index (χ1v) is 5.49. The number of carbonyl (C=O) groups is 2. The van der Waals surface area contributed by atoms with E-state index in [1.165, 1.54) is 16.9 Å². The van der Waals surface area contributed by atoms with Crippen molar-refractivity contribution in [2.24, 2.45) is 0 Å². The molecule has 8 heteroatoms. The number of nitrogens with zero attached hydrogens (tertiary/aromatic N) is 3. The van der Waals surface area contributed by atoms with Gasteiger partial charge in [0.25, 0.3) is 0 Å². The van der Waals surface area contributed by atoms with Gasteiger partial charge >= 0.3 is 5.97 Å². The molecule has 0 aromatic carbocycles. The van der Waals surface area contributed by atoms with Gasteiger partial charge in [0, 0.05) is 6.20 Å². The second-order valence-electron chi connectivity index (χ2n) is 3.12. The minimum absolute atomic E-state index is 0.00302. The third-order valence-corrected chi connectivity index (χ3v) is 2.76. The number of hydrogen-bond acceptors (Lipinski definition) is 5. The van der Waals surface area contributed by atoms with E-state index in [9.17, 15) is 9.59 Å². The predicted octanol–water partition coefficient (Wildman–Crippen LogP) is 0.676. The van der Waals surface area contributed by atoms with Gasteiger partial charge in [-0.05, 0) is 11.4 Å². The topological polar surface area (TPSA) is 97.1 Å². The van der Waals surface area contributed by atoms with Crippen molar-refractivity contribution in [3.05, 3.63) is 29.4 Å². The molecule has 2 rings (SSSR count). The van der Waals surface area contributed by atoms with E-state index in [0.29, 0.717) is 5.00 Å². The van der Waals surface area contributed by atoms with Crippen molar-refractivity contribution in [3.8, 4) is 0 Å². The standard InChI is InChI=1S/C9H8N4O3S/c14-7(5-13-3-2-10-12-13)11-8-6(9(15)16)1-4-17-8/h1-4H,5H2,(H,11,14)(H,15,16). The molecule has 0 spiro atoms. The molecule has 2 heterocycles. The minimum atomic E-state index is -1.07. The fraction of sp³-hybridized carbons (Fsp3) is 0.111. The van der Waals surface area contributed by atoms with Crippen LogP contribution in [0.1, 0.15) is 10.4 Å². The summed E-state index contributed by atoms with van der Waals surface area (Å²) >= 11 is 1.16. The Labute approximate surface area is 99.7 Å². The molecule has 0 aliphatic carbocycles. The molecule has 0 aliphatic heterocycles. The number of carboxylic acid groups (broad SMARTS) is 1. The van der Waals surface area contributed by atoms with Crippen molar-refractivity contribution in [1.82, 2.24) is 15.0 Å². The van der Waals surface area contributed by atoms with Gasteiger partial charge < -0.3 is 10.4 Å². The number of nitrogens with one attached hydrogen (secondary N) is 1. The molecule has 0 atom stereocenters. The van der Waals surface area contributed by atoms with Crippen LogP contribution in [-0.4, -0.2) is 32.0 Å². The van der Waals surface area contributed by atoms with E-state index in [1.54, 1.807) is 11.6 Å². The van der Waals surface area contributed by atoms with Crippen molar-refractivity contribution in [2.45, 2.75) is 6.54 Å². The molecular formula is C9H8N4O3S. The number of amides is 1. The minimum Gasteiger partial charge on any atom is -0.478 e. The number of rotatable bonds is 4. The van der Waals surface area contributed by atoms with Crippen molar-refractivity contribution in [2.75, 3.05) is 5.32 Å². The highest BCUT2D eigenvalue weighted by Gasteiger charge is 2.13. The Morgan fingerprint density at radius 3 is 3.00 bits per heavy atom. The molecule has 0 saturated carbocycles. The lowest BCUT2D eigenvalue weighted by Crippen LogP contribution is -2.19. The van der Waals surface area contributed by atoms with Gasteiger partial charge in [-0.1, -0.05) is 5.21 Å². The largest absolute Gasteiger partial charge is 0.478 e. The van der Waals surface area contributed by atoms with E-state index in [4.69, 9.17) is 5.11 Å². The zero-order valence-electron chi connectivity index (χ0n) is 8.53. The first kappa shape index (κ1) is 11.3. The quantitative estimate of drug-likeness (QED) is 0.833. The summed E-state index contributed by atoms with van der Waals surface area (Å²) in [5, 5.41) is 20.5. The molecule has 1 amide bonds. The van der Waals surface area contributed by atoms with Gasteiger partial charge in [0.15, 0.2) is 0 Å². The summed E-state index contributed by atoms with van der Waals surface area (Å²) in [6.07, 6.45) is 3.01. The summed E-state index contributed by atoms with van der Waals surface area (Å²) in [4.78, 5) is 22.4. The van der Waals surface area contributed by atoms with E-state index in [-0.39, 0.29) is 18.0 Å². The van der Waals surface area contributed by atoms with Crippen LogP contribution in [-0.2, 0) is 11.3 Å². The third-order valence-electron chi connectivity index (χ3n) is 1.93. The highest BCUT2D eigenvalue weighted by Crippen LogP contribution is 2.22. The molecule has 2 N–H and O–H groups in total. The summed E-state index contributed by atoms with van der Waals surface area (Å²) in [5.41, 5.74) is 0.0851. The molecule has 0 fully saturated rings. The molecule has 7 nitrogen and oxygen atoms in total. The van der Waals surface area contributed by atoms with Gasteiger partial charge in [-0.2, -0.15) is 0 Å². The van der Waals surface area contributed by atoms with Gasteiger partial charge in [0.2, 0.25) is 5.91 Å². The predicted molar refractivity (Wildman–Crippen MR) is 59.9 cm³/mol. The third kappa shape index (κ3) is 2.67. The highest BCUT2D eigenvalue weighted by molar-refractivity contribution is 7.14. The SMILES string of the molecule is O=C(Cn1ccnn1)Nc1sccc1C(=O)O. The van der Waals surface area contributed by atoms with E-state index < -0.39 is 5.97 Å². The molecule has 0 saturated heterocycles. The van der Waals surface area contributed by atoms with Crippen LogP contribution in [0.2, 0.25) is 0 Å². The zero-order valence-corrected chi connectivity index (χ0v) is 9.35. The zero-order chi connectivity index (χ0) is 12.3. The first-order valence-electron chi connectivity index (χ1n) is 4.61. The Bertz CT molecular complexity index is 534. The molecule has 0 bridgehead atoms. The fourth-order valence-electron chi connectivity index (χ4n) is 1.20. The molecule has 0 aliphatic rings. The van der Waals surface area contributed by atoms with Crippen LogP contribution in [0.4, 0.5) is 5.00 Å². The van der Waals surface area contributed by atoms with Crippen molar-refractivity contribution < 1.29 is 14.7 Å². The van der Waals surface area contributed by atoms with Crippen LogP contribution in [0.3, 0.4) is 0 Å². The number of aromatic carboxylic acids is 1. The first-order chi connectivity index (χ1) is 8.16. The van der Waals surface area contributed by atoms with Crippen LogP contribution in [0.15, 0.2) is 23.8 Å². The number of anilines is 1. The second kappa shape index (κ2) is 4.74. The number of carboxylic acids is 1. The van der Waals surface area contributed by atoms with Crippen molar-refractivity contribution in [3.63, 3.8) is 0 Å². The molecule has 0 radical (unpaired) electrons. The summed E-state index contributed by atoms with van der Waals surface area (Å²) in [5.74, 6) is -1.41. The highest BCUT2D eigenvalue weighted by atomic mass is 32.1. The summed E-state index contributed by atoms with van der Waals surface area (Å²) < 4.78 is 1.35. The molecule has 0 unspecified atom stereocenters. The second-order valence-corrected chi connectivity index (χ2v) is 4.03. The normalized spacial score (nSPS) is 10.1. The molecule has 17 heavy (non-hydrogen) atoms. The van der Waals surface area contributed by atoms with Gasteiger partial charge in [0.05, 0.1) is 11.8 Å². The maximum absolute atomic E-state index is 11.6. The van der Waals surface area contributed by atoms with E-state index >= 15 is 0 Å². The van der Waals surface area contributed by atoms with E-state index in [2.05, 4.69) is 15.6 Å². The molecular weight excluding hydrogens is 244 g/mol. The Kier molecular flexibility index (Phi) is 3.15. The van der Waals surface area contributed by atoms with E-state index in [1.807, 2.05) is 0 Å². The van der Waals surface area contributed by atoms with Gasteiger partial charge in [-0.25, -0.2) is 9.48 Å². The molecule has 2 aromatic heterocycles. The lowest BCUT2D eigenvalue weighted by Gasteiger charge is -2.03. The van der Waals surface area contributed by atoms with Gasteiger partial charge in [-0.15, -0.1) is 16.4 Å². The van der Waals surface area contributed by atoms with Crippen molar-refractivity contribution >= 4 is 28.2 Å². The number of hydrogen-bond donors (Lipinski definition) is 2. The fourth-order valence-corrected chi connectivity index (χ4v) is 2.00. The molecule has 88 valence electrons. The van der Waals surface area contributed by atoms with Crippen LogP contribution >= 0.6 is 11.3 Å². The Morgan fingerprint density at radius 2 is 2.35 bits per heavy atom. The average molecular weight is 252 g/mol. The summed E-state index contributed by atoms with van der Waals surface area (Å²) in [6.45, 7) is -0.00302. The van der Waals surface area contributed by atoms with Gasteiger partial charge in [0.1, 0.15) is 11.5 Å². The summed E-state index contributed by atoms with van der Waals surface area (Å²) in [7, 11) is 0. The number of aromatic nitrogens is 3. The lowest BCUT2D eigenvalue weighted by molar-refractivity contribution is -0.116. The number of thiophene rings is 1. The monoisotopic (exact) mass is 252 g/mol.